The van der Waals surface area contributed by atoms with E-state index in [1.54, 1.807) is 11.3 Å². The van der Waals surface area contributed by atoms with Crippen LogP contribution in [-0.2, 0) is 9.30 Å². The highest BCUT2D eigenvalue weighted by Gasteiger charge is 2.35. The molecular weight excluding hydrogens is 417 g/mol. The minimum absolute atomic E-state index is 0.107. The molecule has 2 fully saturated rings. The molecule has 0 radical (unpaired) electrons. The predicted octanol–water partition coefficient (Wildman–Crippen LogP) is 4.95. The van der Waals surface area contributed by atoms with Gasteiger partial charge in [0.15, 0.2) is 0 Å². The second-order valence-corrected chi connectivity index (χ2v) is 12.9. The third-order valence-electron chi connectivity index (χ3n) is 6.03. The molecule has 0 bridgehead atoms. The first-order valence-electron chi connectivity index (χ1n) is 10.8. The van der Waals surface area contributed by atoms with E-state index in [-0.39, 0.29) is 18.2 Å². The smallest absolute Gasteiger partial charge is 0.407 e. The number of alkyl carbamates (subject to hydrolysis) is 1. The molecule has 0 spiro atoms. The summed E-state index contributed by atoms with van der Waals surface area (Å²) in [6.07, 6.45) is 7.92. The van der Waals surface area contributed by atoms with E-state index >= 15 is 0 Å². The van der Waals surface area contributed by atoms with Gasteiger partial charge in [0.1, 0.15) is 7.14 Å². The van der Waals surface area contributed by atoms with Crippen molar-refractivity contribution in [2.24, 2.45) is 0 Å². The summed E-state index contributed by atoms with van der Waals surface area (Å²) in [6.45, 7) is 3.70. The molecule has 1 saturated carbocycles. The first-order chi connectivity index (χ1) is 14.3. The summed E-state index contributed by atoms with van der Waals surface area (Å²) >= 11 is 1.70. The molecule has 1 aromatic carbocycles. The van der Waals surface area contributed by atoms with E-state index in [2.05, 4.69) is 5.32 Å². The van der Waals surface area contributed by atoms with Crippen LogP contribution in [0.25, 0.3) is 10.4 Å². The zero-order chi connectivity index (χ0) is 21.3. The van der Waals surface area contributed by atoms with Crippen LogP contribution in [0.15, 0.2) is 24.4 Å². The average molecular weight is 448 g/mol. The van der Waals surface area contributed by atoms with Crippen molar-refractivity contribution in [1.82, 2.24) is 10.3 Å². The quantitative estimate of drug-likeness (QED) is 0.500. The number of rotatable bonds is 5. The van der Waals surface area contributed by atoms with E-state index < -0.39 is 7.14 Å². The van der Waals surface area contributed by atoms with Gasteiger partial charge in [-0.2, -0.15) is 0 Å². The van der Waals surface area contributed by atoms with Crippen LogP contribution in [-0.4, -0.2) is 35.5 Å². The van der Waals surface area contributed by atoms with Crippen LogP contribution in [0.2, 0.25) is 0 Å². The fraction of sp³-hybridized carbons (Fsp3) is 0.545. The van der Waals surface area contributed by atoms with Crippen molar-refractivity contribution in [2.75, 3.05) is 18.1 Å². The van der Waals surface area contributed by atoms with Gasteiger partial charge in [0, 0.05) is 47.0 Å². The number of anilines is 1. The summed E-state index contributed by atoms with van der Waals surface area (Å²) in [4.78, 5) is 17.6. The van der Waals surface area contributed by atoms with Crippen molar-refractivity contribution in [1.29, 1.82) is 0 Å². The second kappa shape index (κ2) is 8.72. The molecule has 4 rings (SSSR count). The van der Waals surface area contributed by atoms with E-state index in [0.29, 0.717) is 11.6 Å². The number of amides is 1. The van der Waals surface area contributed by atoms with Crippen LogP contribution in [0.3, 0.4) is 0 Å². The summed E-state index contributed by atoms with van der Waals surface area (Å²) in [5.74, 6) is 0.403. The highest BCUT2D eigenvalue weighted by molar-refractivity contribution is 7.73. The van der Waals surface area contributed by atoms with Gasteiger partial charge in [-0.15, -0.1) is 11.3 Å². The number of carbonyl (C=O) groups is 1. The molecule has 1 aliphatic carbocycles. The Labute approximate surface area is 182 Å². The lowest BCUT2D eigenvalue weighted by Gasteiger charge is -2.29. The molecule has 1 aromatic heterocycles. The SMILES string of the molecule is CC(C)OC(=O)NC1CCC(c2ncc(-c3ccc(N)cc3P3(=O)CCC3)s2)CC1. The topological polar surface area (TPSA) is 94.3 Å². The van der Waals surface area contributed by atoms with Crippen molar-refractivity contribution in [3.05, 3.63) is 29.4 Å². The Morgan fingerprint density at radius 3 is 2.63 bits per heavy atom. The van der Waals surface area contributed by atoms with Crippen molar-refractivity contribution >= 4 is 35.6 Å². The van der Waals surface area contributed by atoms with Crippen LogP contribution in [0.1, 0.15) is 56.9 Å². The van der Waals surface area contributed by atoms with Gasteiger partial charge >= 0.3 is 6.09 Å². The Bertz CT molecular complexity index is 958. The number of hydrogen-bond donors (Lipinski definition) is 2. The lowest BCUT2D eigenvalue weighted by molar-refractivity contribution is 0.109. The van der Waals surface area contributed by atoms with Crippen LogP contribution in [0.5, 0.6) is 0 Å². The Balaban J connectivity index is 1.44. The average Bonchev–Trinajstić information content (AvgIpc) is 3.16. The first kappa shape index (κ1) is 21.4. The van der Waals surface area contributed by atoms with E-state index in [1.807, 2.05) is 38.2 Å². The highest BCUT2D eigenvalue weighted by Crippen LogP contribution is 2.56. The second-order valence-electron chi connectivity index (χ2n) is 8.68. The number of carbonyl (C=O) groups excluding carboxylic acids is 1. The fourth-order valence-corrected chi connectivity index (χ4v) is 7.87. The maximum atomic E-state index is 13.2. The number of nitrogens with two attached hydrogens (primary N) is 1. The monoisotopic (exact) mass is 447 g/mol. The molecule has 8 heteroatoms. The van der Waals surface area contributed by atoms with Gasteiger partial charge in [0.2, 0.25) is 0 Å². The summed E-state index contributed by atoms with van der Waals surface area (Å²) in [5.41, 5.74) is 7.70. The van der Waals surface area contributed by atoms with Crippen molar-refractivity contribution < 1.29 is 14.1 Å². The highest BCUT2D eigenvalue weighted by atomic mass is 32.1. The standard InChI is InChI=1S/C22H30N3O3PS/c1-14(2)28-22(26)25-17-7-4-15(5-8-17)21-24-13-20(30-21)18-9-6-16(23)12-19(18)29(27)10-3-11-29/h6,9,12-15,17H,3-5,7-8,10-11,23H2,1-2H3,(H,25,26). The molecule has 1 aliphatic heterocycles. The van der Waals surface area contributed by atoms with E-state index in [9.17, 15) is 9.36 Å². The Kier molecular flexibility index (Phi) is 6.21. The largest absolute Gasteiger partial charge is 0.447 e. The number of nitrogen functional groups attached to an aromatic ring is 1. The lowest BCUT2D eigenvalue weighted by atomic mass is 9.86. The number of hydrogen-bond acceptors (Lipinski definition) is 6. The van der Waals surface area contributed by atoms with Gasteiger partial charge in [-0.3, -0.25) is 0 Å². The summed E-state index contributed by atoms with van der Waals surface area (Å²) < 4.78 is 18.4. The predicted molar refractivity (Wildman–Crippen MR) is 123 cm³/mol. The summed E-state index contributed by atoms with van der Waals surface area (Å²) in [6, 6.07) is 5.96. The van der Waals surface area contributed by atoms with Crippen LogP contribution in [0, 0.1) is 0 Å². The Hall–Kier alpha value is -1.85. The molecule has 6 nitrogen and oxygen atoms in total. The molecule has 162 valence electrons. The van der Waals surface area contributed by atoms with Gasteiger partial charge in [-0.1, -0.05) is 6.07 Å². The molecule has 1 amide bonds. The van der Waals surface area contributed by atoms with E-state index in [0.717, 1.165) is 65.2 Å². The van der Waals surface area contributed by atoms with Crippen molar-refractivity contribution in [2.45, 2.75) is 64.0 Å². The molecule has 1 saturated heterocycles. The van der Waals surface area contributed by atoms with Crippen LogP contribution >= 0.6 is 18.5 Å². The number of ether oxygens (including phenoxy) is 1. The normalized spacial score (nSPS) is 23.0. The van der Waals surface area contributed by atoms with Gasteiger partial charge in [0.05, 0.1) is 16.0 Å². The molecule has 30 heavy (non-hydrogen) atoms. The van der Waals surface area contributed by atoms with Gasteiger partial charge in [-0.05, 0) is 58.1 Å². The molecule has 2 aromatic rings. The summed E-state index contributed by atoms with van der Waals surface area (Å²) in [7, 11) is -2.28. The number of nitrogens with one attached hydrogen (secondary N) is 1. The zero-order valence-corrected chi connectivity index (χ0v) is 19.3. The Morgan fingerprint density at radius 2 is 2.00 bits per heavy atom. The first-order valence-corrected chi connectivity index (χ1v) is 13.6. The van der Waals surface area contributed by atoms with Gasteiger partial charge in [-0.25, -0.2) is 9.78 Å². The third-order valence-corrected chi connectivity index (χ3v) is 10.5. The van der Waals surface area contributed by atoms with E-state index in [1.165, 1.54) is 0 Å². The minimum atomic E-state index is -2.28. The minimum Gasteiger partial charge on any atom is -0.447 e. The van der Waals surface area contributed by atoms with Crippen LogP contribution in [0.4, 0.5) is 10.5 Å². The fourth-order valence-electron chi connectivity index (χ4n) is 4.28. The lowest BCUT2D eigenvalue weighted by Crippen LogP contribution is -2.38. The van der Waals surface area contributed by atoms with Crippen molar-refractivity contribution in [3.63, 3.8) is 0 Å². The molecule has 2 aliphatic rings. The maximum absolute atomic E-state index is 13.2. The number of benzene rings is 1. The molecular formula is C22H30N3O3PS. The van der Waals surface area contributed by atoms with Crippen LogP contribution < -0.4 is 16.4 Å². The molecule has 0 unspecified atom stereocenters. The summed E-state index contributed by atoms with van der Waals surface area (Å²) in [5, 5.41) is 5.03. The molecule has 0 atom stereocenters. The molecule has 3 N–H and O–H groups in total. The van der Waals surface area contributed by atoms with Gasteiger partial charge in [0.25, 0.3) is 0 Å². The third kappa shape index (κ3) is 4.57. The van der Waals surface area contributed by atoms with Crippen molar-refractivity contribution in [3.8, 4) is 10.4 Å². The zero-order valence-electron chi connectivity index (χ0n) is 17.6. The Morgan fingerprint density at radius 1 is 1.27 bits per heavy atom. The molecule has 2 heterocycles. The number of thiazole rings is 1. The van der Waals surface area contributed by atoms with E-state index in [4.69, 9.17) is 15.5 Å². The number of nitrogens with zero attached hydrogens (tertiary/aromatic N) is 1. The van der Waals surface area contributed by atoms with Gasteiger partial charge < -0.3 is 20.4 Å². The maximum Gasteiger partial charge on any atom is 0.407 e. The number of aromatic nitrogens is 1.